The molecule has 0 aromatic carbocycles. The van der Waals surface area contributed by atoms with Crippen LogP contribution in [-0.2, 0) is 9.53 Å². The van der Waals surface area contributed by atoms with E-state index in [1.165, 1.54) is 38.5 Å². The Morgan fingerprint density at radius 3 is 2.25 bits per heavy atom. The summed E-state index contributed by atoms with van der Waals surface area (Å²) in [6, 6.07) is 0. The van der Waals surface area contributed by atoms with Gasteiger partial charge in [0.15, 0.2) is 0 Å². The van der Waals surface area contributed by atoms with Crippen LogP contribution in [0.4, 0.5) is 0 Å². The fraction of sp³-hybridized carbons (Fsp3) is 0.786. The molecule has 0 aliphatic carbocycles. The first kappa shape index (κ1) is 15.0. The molecule has 0 fully saturated rings. The summed E-state index contributed by atoms with van der Waals surface area (Å²) >= 11 is 0. The van der Waals surface area contributed by atoms with Gasteiger partial charge in [-0.05, 0) is 13.3 Å². The average Bonchev–Trinajstić information content (AvgIpc) is 2.27. The number of ether oxygens (including phenoxy) is 1. The van der Waals surface area contributed by atoms with Gasteiger partial charge in [0.2, 0.25) is 0 Å². The second-order valence-corrected chi connectivity index (χ2v) is 3.89. The second kappa shape index (κ2) is 12.1. The molecule has 0 saturated heterocycles. The van der Waals surface area contributed by atoms with Gasteiger partial charge in [0.25, 0.3) is 0 Å². The van der Waals surface area contributed by atoms with Gasteiger partial charge in [0.05, 0.1) is 6.61 Å². The number of hydrogen-bond donors (Lipinski definition) is 0. The standard InChI is InChI=1S/C14H24O2/c1-3-5-6-7-8-9-10-11-12-13-14(15)16-4-2/h3-11H2,1-2H3. The Kier molecular flexibility index (Phi) is 11.4. The van der Waals surface area contributed by atoms with Gasteiger partial charge in [0, 0.05) is 12.3 Å². The first-order valence-electron chi connectivity index (χ1n) is 6.46. The first-order valence-corrected chi connectivity index (χ1v) is 6.46. The van der Waals surface area contributed by atoms with Crippen molar-refractivity contribution in [1.29, 1.82) is 0 Å². The largest absolute Gasteiger partial charge is 0.456 e. The fourth-order valence-corrected chi connectivity index (χ4v) is 1.47. The van der Waals surface area contributed by atoms with Crippen molar-refractivity contribution in [3.05, 3.63) is 0 Å². The fourth-order valence-electron chi connectivity index (χ4n) is 1.47. The molecular weight excluding hydrogens is 200 g/mol. The van der Waals surface area contributed by atoms with E-state index in [9.17, 15) is 4.79 Å². The Labute approximate surface area is 99.8 Å². The van der Waals surface area contributed by atoms with Gasteiger partial charge in [-0.2, -0.15) is 0 Å². The molecule has 0 bridgehead atoms. The van der Waals surface area contributed by atoms with Crippen molar-refractivity contribution in [2.24, 2.45) is 0 Å². The molecule has 2 nitrogen and oxygen atoms in total. The number of esters is 1. The van der Waals surface area contributed by atoms with Crippen molar-refractivity contribution >= 4 is 5.97 Å². The minimum atomic E-state index is -0.398. The molecule has 0 heterocycles. The number of carbonyl (C=O) groups excluding carboxylic acids is 1. The maximum Gasteiger partial charge on any atom is 0.384 e. The van der Waals surface area contributed by atoms with Crippen molar-refractivity contribution in [2.45, 2.75) is 65.2 Å². The molecule has 0 saturated carbocycles. The van der Waals surface area contributed by atoms with Crippen LogP contribution in [-0.4, -0.2) is 12.6 Å². The zero-order valence-corrected chi connectivity index (χ0v) is 10.7. The zero-order valence-electron chi connectivity index (χ0n) is 10.7. The Hall–Kier alpha value is -0.970. The van der Waals surface area contributed by atoms with Crippen molar-refractivity contribution in [3.63, 3.8) is 0 Å². The molecule has 0 atom stereocenters. The van der Waals surface area contributed by atoms with Gasteiger partial charge in [-0.3, -0.25) is 0 Å². The van der Waals surface area contributed by atoms with Gasteiger partial charge < -0.3 is 4.74 Å². The Bertz CT molecular complexity index is 223. The second-order valence-electron chi connectivity index (χ2n) is 3.89. The summed E-state index contributed by atoms with van der Waals surface area (Å²) in [5.41, 5.74) is 0. The molecule has 92 valence electrons. The van der Waals surface area contributed by atoms with E-state index in [0.29, 0.717) is 6.61 Å². The topological polar surface area (TPSA) is 26.3 Å². The SMILES string of the molecule is CCCCCCCCCC#CC(=O)OCC. The lowest BCUT2D eigenvalue weighted by Gasteiger charge is -1.97. The van der Waals surface area contributed by atoms with Crippen LogP contribution in [0.3, 0.4) is 0 Å². The van der Waals surface area contributed by atoms with Crippen LogP contribution in [0.25, 0.3) is 0 Å². The lowest BCUT2D eigenvalue weighted by atomic mass is 10.1. The molecule has 0 N–H and O–H groups in total. The van der Waals surface area contributed by atoms with Crippen LogP contribution >= 0.6 is 0 Å². The molecule has 16 heavy (non-hydrogen) atoms. The van der Waals surface area contributed by atoms with Crippen LogP contribution in [0, 0.1) is 11.8 Å². The summed E-state index contributed by atoms with van der Waals surface area (Å²) in [6.07, 6.45) is 9.76. The molecule has 0 radical (unpaired) electrons. The van der Waals surface area contributed by atoms with E-state index >= 15 is 0 Å². The highest BCUT2D eigenvalue weighted by molar-refractivity contribution is 5.88. The highest BCUT2D eigenvalue weighted by Crippen LogP contribution is 2.07. The predicted octanol–water partition coefficient (Wildman–Crippen LogP) is 3.69. The number of carbonyl (C=O) groups is 1. The van der Waals surface area contributed by atoms with E-state index in [2.05, 4.69) is 18.8 Å². The Morgan fingerprint density at radius 1 is 1.00 bits per heavy atom. The van der Waals surface area contributed by atoms with Gasteiger partial charge >= 0.3 is 5.97 Å². The number of hydrogen-bond acceptors (Lipinski definition) is 2. The molecule has 0 spiro atoms. The molecule has 0 aromatic heterocycles. The minimum absolute atomic E-state index is 0.398. The lowest BCUT2D eigenvalue weighted by Crippen LogP contribution is -1.99. The average molecular weight is 224 g/mol. The normalized spacial score (nSPS) is 9.38. The molecule has 2 heteroatoms. The highest BCUT2D eigenvalue weighted by Gasteiger charge is 1.92. The predicted molar refractivity (Wildman–Crippen MR) is 67.0 cm³/mol. The third-order valence-electron chi connectivity index (χ3n) is 2.37. The summed E-state index contributed by atoms with van der Waals surface area (Å²) in [6.45, 7) is 4.42. The molecule has 0 aliphatic heterocycles. The first-order chi connectivity index (χ1) is 7.81. The van der Waals surface area contributed by atoms with Crippen molar-refractivity contribution < 1.29 is 9.53 Å². The smallest absolute Gasteiger partial charge is 0.384 e. The van der Waals surface area contributed by atoms with E-state index in [1.807, 2.05) is 0 Å². The van der Waals surface area contributed by atoms with Crippen LogP contribution in [0.5, 0.6) is 0 Å². The lowest BCUT2D eigenvalue weighted by molar-refractivity contribution is -0.136. The molecule has 0 aromatic rings. The zero-order chi connectivity index (χ0) is 12.1. The third kappa shape index (κ3) is 11.1. The maximum absolute atomic E-state index is 10.9. The summed E-state index contributed by atoms with van der Waals surface area (Å²) in [7, 11) is 0. The molecular formula is C14H24O2. The van der Waals surface area contributed by atoms with Crippen LogP contribution in [0.15, 0.2) is 0 Å². The van der Waals surface area contributed by atoms with Gasteiger partial charge in [-0.25, -0.2) is 4.79 Å². The van der Waals surface area contributed by atoms with E-state index in [4.69, 9.17) is 4.74 Å². The van der Waals surface area contributed by atoms with Crippen LogP contribution in [0.1, 0.15) is 65.2 Å². The maximum atomic E-state index is 10.9. The minimum Gasteiger partial charge on any atom is -0.456 e. The van der Waals surface area contributed by atoms with Crippen molar-refractivity contribution in [1.82, 2.24) is 0 Å². The highest BCUT2D eigenvalue weighted by atomic mass is 16.5. The third-order valence-corrected chi connectivity index (χ3v) is 2.37. The van der Waals surface area contributed by atoms with E-state index in [0.717, 1.165) is 12.8 Å². The van der Waals surface area contributed by atoms with Crippen LogP contribution < -0.4 is 0 Å². The van der Waals surface area contributed by atoms with E-state index in [1.54, 1.807) is 6.92 Å². The van der Waals surface area contributed by atoms with E-state index < -0.39 is 5.97 Å². The van der Waals surface area contributed by atoms with Crippen molar-refractivity contribution in [3.8, 4) is 11.8 Å². The van der Waals surface area contributed by atoms with Gasteiger partial charge in [-0.15, -0.1) is 0 Å². The number of unbranched alkanes of at least 4 members (excludes halogenated alkanes) is 7. The van der Waals surface area contributed by atoms with Gasteiger partial charge in [0.1, 0.15) is 0 Å². The summed E-state index contributed by atoms with van der Waals surface area (Å²) in [5.74, 6) is 4.93. The number of rotatable bonds is 8. The summed E-state index contributed by atoms with van der Waals surface area (Å²) in [5, 5.41) is 0. The van der Waals surface area contributed by atoms with Crippen LogP contribution in [0.2, 0.25) is 0 Å². The summed E-state index contributed by atoms with van der Waals surface area (Å²) < 4.78 is 4.70. The summed E-state index contributed by atoms with van der Waals surface area (Å²) in [4.78, 5) is 10.9. The van der Waals surface area contributed by atoms with E-state index in [-0.39, 0.29) is 0 Å². The Balaban J connectivity index is 3.23. The molecule has 0 aliphatic rings. The Morgan fingerprint density at radius 2 is 1.62 bits per heavy atom. The molecule has 0 rings (SSSR count). The van der Waals surface area contributed by atoms with Gasteiger partial charge in [-0.1, -0.05) is 51.4 Å². The van der Waals surface area contributed by atoms with Crippen molar-refractivity contribution in [2.75, 3.05) is 6.61 Å². The quantitative estimate of drug-likeness (QED) is 0.272. The monoisotopic (exact) mass is 224 g/mol. The molecule has 0 unspecified atom stereocenters. The molecule has 0 amide bonds.